The van der Waals surface area contributed by atoms with Crippen LogP contribution in [0.3, 0.4) is 0 Å². The van der Waals surface area contributed by atoms with Crippen molar-refractivity contribution in [2.75, 3.05) is 6.61 Å². The highest BCUT2D eigenvalue weighted by Crippen LogP contribution is 2.17. The van der Waals surface area contributed by atoms with Gasteiger partial charge in [0, 0.05) is 12.1 Å². The van der Waals surface area contributed by atoms with Gasteiger partial charge >= 0.3 is 5.97 Å². The molecule has 0 aliphatic rings. The van der Waals surface area contributed by atoms with Crippen molar-refractivity contribution in [3.05, 3.63) is 29.3 Å². The Morgan fingerprint density at radius 3 is 2.00 bits per heavy atom. The van der Waals surface area contributed by atoms with E-state index in [1.807, 2.05) is 41.5 Å². The van der Waals surface area contributed by atoms with E-state index in [0.29, 0.717) is 0 Å². The van der Waals surface area contributed by atoms with Gasteiger partial charge in [-0.2, -0.15) is 4.72 Å². The van der Waals surface area contributed by atoms with Gasteiger partial charge < -0.3 is 9.64 Å². The third kappa shape index (κ3) is 6.82. The molecule has 1 atom stereocenters. The average Bonchev–Trinajstić information content (AvgIpc) is 2.59. The minimum Gasteiger partial charge on any atom is -0.454 e. The molecule has 0 aliphatic carbocycles. The van der Waals surface area contributed by atoms with Crippen LogP contribution in [-0.4, -0.2) is 49.9 Å². The molecule has 0 spiro atoms. The molecule has 0 aromatic heterocycles. The maximum absolute atomic E-state index is 12.7. The van der Waals surface area contributed by atoms with Gasteiger partial charge in [0.05, 0.1) is 4.90 Å². The molecule has 0 fully saturated rings. The zero-order chi connectivity index (χ0) is 22.5. The van der Waals surface area contributed by atoms with Gasteiger partial charge in [0.1, 0.15) is 6.04 Å². The fraction of sp³-hybridized carbons (Fsp3) is 0.619. The van der Waals surface area contributed by atoms with Crippen molar-refractivity contribution < 1.29 is 22.7 Å². The van der Waals surface area contributed by atoms with Crippen LogP contribution in [0.1, 0.15) is 52.7 Å². The number of sulfonamides is 1. The van der Waals surface area contributed by atoms with Gasteiger partial charge in [-0.15, -0.1) is 0 Å². The topological polar surface area (TPSA) is 92.8 Å². The Kier molecular flexibility index (Phi) is 8.84. The summed E-state index contributed by atoms with van der Waals surface area (Å²) >= 11 is 0. The van der Waals surface area contributed by atoms with Gasteiger partial charge in [-0.05, 0) is 70.7 Å². The third-order valence-electron chi connectivity index (χ3n) is 4.73. The Hall–Kier alpha value is -1.93. The van der Waals surface area contributed by atoms with Crippen LogP contribution in [0.25, 0.3) is 0 Å². The van der Waals surface area contributed by atoms with Gasteiger partial charge in [-0.3, -0.25) is 9.59 Å². The number of hydrogen-bond acceptors (Lipinski definition) is 5. The maximum atomic E-state index is 12.7. The second-order valence-corrected chi connectivity index (χ2v) is 9.90. The third-order valence-corrected chi connectivity index (χ3v) is 6.17. The molecule has 7 nitrogen and oxygen atoms in total. The number of nitrogens with one attached hydrogen (secondary N) is 1. The molecule has 1 aromatic rings. The zero-order valence-corrected chi connectivity index (χ0v) is 19.5. The minimum atomic E-state index is -3.92. The Morgan fingerprint density at radius 2 is 1.55 bits per heavy atom. The summed E-state index contributed by atoms with van der Waals surface area (Å²) in [4.78, 5) is 26.7. The highest BCUT2D eigenvalue weighted by atomic mass is 32.2. The minimum absolute atomic E-state index is 0.0367. The quantitative estimate of drug-likeness (QED) is 0.613. The average molecular weight is 427 g/mol. The molecule has 1 N–H and O–H groups in total. The first-order chi connectivity index (χ1) is 13.3. The number of nitrogens with zero attached hydrogens (tertiary/aromatic N) is 1. The first kappa shape index (κ1) is 25.1. The lowest BCUT2D eigenvalue weighted by atomic mass is 10.1. The molecule has 29 heavy (non-hydrogen) atoms. The van der Waals surface area contributed by atoms with Crippen molar-refractivity contribution in [1.82, 2.24) is 9.62 Å². The molecule has 0 unspecified atom stereocenters. The van der Waals surface area contributed by atoms with Crippen molar-refractivity contribution in [2.24, 2.45) is 5.92 Å². The first-order valence-corrected chi connectivity index (χ1v) is 11.3. The number of carbonyl (C=O) groups excluding carboxylic acids is 2. The van der Waals surface area contributed by atoms with E-state index < -0.39 is 28.6 Å². The van der Waals surface area contributed by atoms with Crippen LogP contribution < -0.4 is 4.72 Å². The van der Waals surface area contributed by atoms with E-state index in [0.717, 1.165) is 11.1 Å². The zero-order valence-electron chi connectivity index (χ0n) is 18.6. The second-order valence-electron chi connectivity index (χ2n) is 8.19. The Labute approximate surface area is 174 Å². The number of aryl methyl sites for hydroxylation is 2. The van der Waals surface area contributed by atoms with Crippen LogP contribution in [0.4, 0.5) is 0 Å². The van der Waals surface area contributed by atoms with Crippen molar-refractivity contribution in [1.29, 1.82) is 0 Å². The standard InChI is InChI=1S/C21H34N2O5S/c1-13(2)20(21(25)28-12-19(24)23(14(3)4)15(5)6)22-29(26,27)18-10-9-16(7)17(8)11-18/h9-11,13-15,20,22H,12H2,1-8H3/t20-/m1/s1. The van der Waals surface area contributed by atoms with E-state index in [-0.39, 0.29) is 28.8 Å². The summed E-state index contributed by atoms with van der Waals surface area (Å²) in [5.41, 5.74) is 1.81. The largest absolute Gasteiger partial charge is 0.454 e. The van der Waals surface area contributed by atoms with E-state index in [1.165, 1.54) is 6.07 Å². The molecule has 0 saturated heterocycles. The molecule has 164 valence electrons. The summed E-state index contributed by atoms with van der Waals surface area (Å²) in [6.45, 7) is 14.2. The molecule has 8 heteroatoms. The molecular formula is C21H34N2O5S. The SMILES string of the molecule is Cc1ccc(S(=O)(=O)N[C@@H](C(=O)OCC(=O)N(C(C)C)C(C)C)C(C)C)cc1C. The van der Waals surface area contributed by atoms with Crippen LogP contribution in [0.15, 0.2) is 23.1 Å². The van der Waals surface area contributed by atoms with E-state index >= 15 is 0 Å². The van der Waals surface area contributed by atoms with Gasteiger partial charge in [-0.1, -0.05) is 19.9 Å². The second kappa shape index (κ2) is 10.2. The summed E-state index contributed by atoms with van der Waals surface area (Å²) in [6.07, 6.45) is 0. The number of rotatable bonds is 9. The van der Waals surface area contributed by atoms with Gasteiger partial charge in [0.25, 0.3) is 5.91 Å². The number of hydrogen-bond donors (Lipinski definition) is 1. The van der Waals surface area contributed by atoms with E-state index in [1.54, 1.807) is 30.9 Å². The summed E-state index contributed by atoms with van der Waals surface area (Å²) in [5, 5.41) is 0. The molecule has 0 aliphatic heterocycles. The number of ether oxygens (including phenoxy) is 1. The normalized spacial score (nSPS) is 13.1. The molecule has 0 saturated carbocycles. The Balaban J connectivity index is 2.93. The molecule has 1 rings (SSSR count). The summed E-state index contributed by atoms with van der Waals surface area (Å²) < 4.78 is 33.1. The van der Waals surface area contributed by atoms with Gasteiger partial charge in [-0.25, -0.2) is 8.42 Å². The van der Waals surface area contributed by atoms with E-state index in [2.05, 4.69) is 4.72 Å². The van der Waals surface area contributed by atoms with Crippen LogP contribution >= 0.6 is 0 Å². The smallest absolute Gasteiger partial charge is 0.324 e. The fourth-order valence-electron chi connectivity index (χ4n) is 3.04. The van der Waals surface area contributed by atoms with Crippen molar-refractivity contribution in [3.63, 3.8) is 0 Å². The maximum Gasteiger partial charge on any atom is 0.324 e. The molecule has 0 heterocycles. The lowest BCUT2D eigenvalue weighted by Crippen LogP contribution is -2.48. The molecule has 0 bridgehead atoms. The number of carbonyl (C=O) groups is 2. The van der Waals surface area contributed by atoms with Crippen LogP contribution in [0.2, 0.25) is 0 Å². The van der Waals surface area contributed by atoms with E-state index in [9.17, 15) is 18.0 Å². The lowest BCUT2D eigenvalue weighted by molar-refractivity contribution is -0.155. The summed E-state index contributed by atoms with van der Waals surface area (Å²) in [7, 11) is -3.92. The van der Waals surface area contributed by atoms with Crippen molar-refractivity contribution >= 4 is 21.9 Å². The number of esters is 1. The van der Waals surface area contributed by atoms with Gasteiger partial charge in [0.2, 0.25) is 10.0 Å². The highest BCUT2D eigenvalue weighted by Gasteiger charge is 2.31. The molecule has 1 aromatic carbocycles. The van der Waals surface area contributed by atoms with Crippen LogP contribution in [-0.2, 0) is 24.3 Å². The monoisotopic (exact) mass is 426 g/mol. The van der Waals surface area contributed by atoms with Crippen LogP contribution in [0, 0.1) is 19.8 Å². The number of benzene rings is 1. The predicted octanol–water partition coefficient (Wildman–Crippen LogP) is 2.79. The van der Waals surface area contributed by atoms with Gasteiger partial charge in [0.15, 0.2) is 6.61 Å². The summed E-state index contributed by atoms with van der Waals surface area (Å²) in [5.74, 6) is -1.44. The lowest BCUT2D eigenvalue weighted by Gasteiger charge is -2.30. The predicted molar refractivity (Wildman–Crippen MR) is 113 cm³/mol. The van der Waals surface area contributed by atoms with Crippen molar-refractivity contribution in [2.45, 2.75) is 78.4 Å². The molecule has 0 radical (unpaired) electrons. The Bertz CT molecular complexity index is 823. The first-order valence-electron chi connectivity index (χ1n) is 9.85. The Morgan fingerprint density at radius 1 is 1.00 bits per heavy atom. The molecular weight excluding hydrogens is 392 g/mol. The highest BCUT2D eigenvalue weighted by molar-refractivity contribution is 7.89. The molecule has 1 amide bonds. The van der Waals surface area contributed by atoms with Crippen molar-refractivity contribution in [3.8, 4) is 0 Å². The van der Waals surface area contributed by atoms with Crippen LogP contribution in [0.5, 0.6) is 0 Å². The summed E-state index contributed by atoms with van der Waals surface area (Å²) in [6, 6.07) is 3.61. The fourth-order valence-corrected chi connectivity index (χ4v) is 4.46. The van der Waals surface area contributed by atoms with E-state index in [4.69, 9.17) is 4.74 Å². The number of amides is 1.